The fourth-order valence-corrected chi connectivity index (χ4v) is 3.37. The van der Waals surface area contributed by atoms with Crippen LogP contribution in [0.1, 0.15) is 48.1 Å². The van der Waals surface area contributed by atoms with Gasteiger partial charge in [-0.25, -0.2) is 4.98 Å². The SMILES string of the molecule is CCC1CCCN(C(=O)c2csc(CCN)n2)CC1.Cl. The number of nitrogens with two attached hydrogens (primary N) is 1. The number of hydrogen-bond acceptors (Lipinski definition) is 4. The van der Waals surface area contributed by atoms with Gasteiger partial charge in [0.05, 0.1) is 5.01 Å². The van der Waals surface area contributed by atoms with Crippen molar-refractivity contribution in [2.45, 2.75) is 39.0 Å². The zero-order valence-electron chi connectivity index (χ0n) is 12.0. The highest BCUT2D eigenvalue weighted by Crippen LogP contribution is 2.21. The Morgan fingerprint density at radius 3 is 3.00 bits per heavy atom. The molecule has 0 radical (unpaired) electrons. The molecule has 4 nitrogen and oxygen atoms in total. The zero-order chi connectivity index (χ0) is 13.7. The molecule has 1 aliphatic rings. The number of amides is 1. The van der Waals surface area contributed by atoms with Gasteiger partial charge in [-0.3, -0.25) is 4.79 Å². The molecule has 2 rings (SSSR count). The standard InChI is InChI=1S/C14H23N3OS.ClH/c1-2-11-4-3-8-17(9-6-11)14(18)12-10-19-13(16-12)5-7-15;/h10-11H,2-9,15H2,1H3;1H. The summed E-state index contributed by atoms with van der Waals surface area (Å²) in [6.07, 6.45) is 5.47. The monoisotopic (exact) mass is 317 g/mol. The summed E-state index contributed by atoms with van der Waals surface area (Å²) in [5.41, 5.74) is 6.11. The van der Waals surface area contributed by atoms with Crippen molar-refractivity contribution in [1.82, 2.24) is 9.88 Å². The number of likely N-dealkylation sites (tertiary alicyclic amines) is 1. The van der Waals surface area contributed by atoms with Gasteiger partial charge in [0, 0.05) is 24.9 Å². The molecule has 114 valence electrons. The first-order valence-electron chi connectivity index (χ1n) is 7.18. The van der Waals surface area contributed by atoms with Crippen LogP contribution in [0.3, 0.4) is 0 Å². The second-order valence-corrected chi connectivity index (χ2v) is 6.11. The quantitative estimate of drug-likeness (QED) is 0.929. The minimum atomic E-state index is 0. The van der Waals surface area contributed by atoms with Crippen molar-refractivity contribution in [3.63, 3.8) is 0 Å². The van der Waals surface area contributed by atoms with Gasteiger partial charge >= 0.3 is 0 Å². The van der Waals surface area contributed by atoms with Crippen molar-refractivity contribution in [2.24, 2.45) is 11.7 Å². The molecule has 20 heavy (non-hydrogen) atoms. The van der Waals surface area contributed by atoms with Crippen LogP contribution in [0, 0.1) is 5.92 Å². The zero-order valence-corrected chi connectivity index (χ0v) is 13.6. The average molecular weight is 318 g/mol. The van der Waals surface area contributed by atoms with Crippen LogP contribution in [-0.2, 0) is 6.42 Å². The molecule has 1 aromatic heterocycles. The highest BCUT2D eigenvalue weighted by molar-refractivity contribution is 7.09. The van der Waals surface area contributed by atoms with Crippen LogP contribution in [0.15, 0.2) is 5.38 Å². The minimum Gasteiger partial charge on any atom is -0.337 e. The first-order chi connectivity index (χ1) is 9.24. The van der Waals surface area contributed by atoms with E-state index in [1.54, 1.807) is 0 Å². The number of halogens is 1. The predicted molar refractivity (Wildman–Crippen MR) is 85.7 cm³/mol. The van der Waals surface area contributed by atoms with E-state index in [2.05, 4.69) is 11.9 Å². The number of carbonyl (C=O) groups is 1. The molecular weight excluding hydrogens is 294 g/mol. The van der Waals surface area contributed by atoms with E-state index in [1.165, 1.54) is 24.2 Å². The summed E-state index contributed by atoms with van der Waals surface area (Å²) >= 11 is 1.54. The normalized spacial score (nSPS) is 19.3. The Bertz CT molecular complexity index is 424. The maximum atomic E-state index is 12.4. The third kappa shape index (κ3) is 4.43. The summed E-state index contributed by atoms with van der Waals surface area (Å²) in [6, 6.07) is 0. The molecule has 1 amide bonds. The first kappa shape index (κ1) is 17.4. The lowest BCUT2D eigenvalue weighted by Gasteiger charge is -2.19. The Morgan fingerprint density at radius 1 is 1.50 bits per heavy atom. The molecule has 6 heteroatoms. The molecule has 1 fully saturated rings. The van der Waals surface area contributed by atoms with Gasteiger partial charge in [-0.1, -0.05) is 13.3 Å². The van der Waals surface area contributed by atoms with Gasteiger partial charge in [0.1, 0.15) is 5.69 Å². The van der Waals surface area contributed by atoms with Crippen LogP contribution in [-0.4, -0.2) is 35.4 Å². The second-order valence-electron chi connectivity index (χ2n) is 5.16. The van der Waals surface area contributed by atoms with E-state index in [0.29, 0.717) is 12.2 Å². The van der Waals surface area contributed by atoms with Crippen molar-refractivity contribution in [1.29, 1.82) is 0 Å². The van der Waals surface area contributed by atoms with Gasteiger partial charge < -0.3 is 10.6 Å². The van der Waals surface area contributed by atoms with Crippen molar-refractivity contribution in [3.8, 4) is 0 Å². The van der Waals surface area contributed by atoms with Gasteiger partial charge in [-0.2, -0.15) is 0 Å². The molecular formula is C14H24ClN3OS. The summed E-state index contributed by atoms with van der Waals surface area (Å²) in [4.78, 5) is 18.8. The Hall–Kier alpha value is -0.650. The summed E-state index contributed by atoms with van der Waals surface area (Å²) in [5.74, 6) is 0.873. The minimum absolute atomic E-state index is 0. The molecule has 0 bridgehead atoms. The topological polar surface area (TPSA) is 59.2 Å². The molecule has 1 atom stereocenters. The largest absolute Gasteiger partial charge is 0.337 e. The summed E-state index contributed by atoms with van der Waals surface area (Å²) in [5, 5.41) is 2.84. The first-order valence-corrected chi connectivity index (χ1v) is 8.06. The summed E-state index contributed by atoms with van der Waals surface area (Å²) < 4.78 is 0. The molecule has 2 heterocycles. The molecule has 1 aliphatic heterocycles. The van der Waals surface area contributed by atoms with E-state index in [9.17, 15) is 4.79 Å². The van der Waals surface area contributed by atoms with Crippen molar-refractivity contribution in [2.75, 3.05) is 19.6 Å². The van der Waals surface area contributed by atoms with E-state index >= 15 is 0 Å². The second kappa shape index (κ2) is 8.60. The third-order valence-electron chi connectivity index (χ3n) is 3.84. The predicted octanol–water partition coefficient (Wildman–Crippen LogP) is 2.72. The van der Waals surface area contributed by atoms with E-state index in [1.807, 2.05) is 10.3 Å². The highest BCUT2D eigenvalue weighted by atomic mass is 35.5. The van der Waals surface area contributed by atoms with Crippen LogP contribution in [0.25, 0.3) is 0 Å². The fraction of sp³-hybridized carbons (Fsp3) is 0.714. The van der Waals surface area contributed by atoms with Crippen molar-refractivity contribution < 1.29 is 4.79 Å². The lowest BCUT2D eigenvalue weighted by Crippen LogP contribution is -2.32. The Kier molecular flexibility index (Phi) is 7.48. The van der Waals surface area contributed by atoms with Gasteiger partial charge in [0.25, 0.3) is 5.91 Å². The molecule has 0 aliphatic carbocycles. The maximum absolute atomic E-state index is 12.4. The van der Waals surface area contributed by atoms with E-state index in [4.69, 9.17) is 5.73 Å². The number of hydrogen-bond donors (Lipinski definition) is 1. The van der Waals surface area contributed by atoms with Crippen molar-refractivity contribution in [3.05, 3.63) is 16.1 Å². The van der Waals surface area contributed by atoms with E-state index < -0.39 is 0 Å². The number of thiazole rings is 1. The van der Waals surface area contributed by atoms with E-state index in [0.717, 1.165) is 43.3 Å². The van der Waals surface area contributed by atoms with Gasteiger partial charge in [0.15, 0.2) is 0 Å². The molecule has 0 aromatic carbocycles. The molecule has 1 unspecified atom stereocenters. The molecule has 0 saturated carbocycles. The molecule has 2 N–H and O–H groups in total. The number of aromatic nitrogens is 1. The Balaban J connectivity index is 0.00000200. The van der Waals surface area contributed by atoms with Crippen molar-refractivity contribution >= 4 is 29.7 Å². The van der Waals surface area contributed by atoms with Gasteiger partial charge in [-0.05, 0) is 31.7 Å². The lowest BCUT2D eigenvalue weighted by atomic mass is 9.98. The van der Waals surface area contributed by atoms with Crippen LogP contribution in [0.5, 0.6) is 0 Å². The Morgan fingerprint density at radius 2 is 2.30 bits per heavy atom. The number of rotatable bonds is 4. The molecule has 0 spiro atoms. The highest BCUT2D eigenvalue weighted by Gasteiger charge is 2.22. The third-order valence-corrected chi connectivity index (χ3v) is 4.75. The van der Waals surface area contributed by atoms with E-state index in [-0.39, 0.29) is 18.3 Å². The summed E-state index contributed by atoms with van der Waals surface area (Å²) in [7, 11) is 0. The van der Waals surface area contributed by atoms with Crippen LogP contribution in [0.4, 0.5) is 0 Å². The smallest absolute Gasteiger partial charge is 0.273 e. The van der Waals surface area contributed by atoms with Crippen LogP contribution < -0.4 is 5.73 Å². The average Bonchev–Trinajstić information content (AvgIpc) is 2.75. The van der Waals surface area contributed by atoms with Gasteiger partial charge in [-0.15, -0.1) is 23.7 Å². The lowest BCUT2D eigenvalue weighted by molar-refractivity contribution is 0.0754. The number of carbonyl (C=O) groups excluding carboxylic acids is 1. The fourth-order valence-electron chi connectivity index (χ4n) is 2.59. The Labute approximate surface area is 131 Å². The molecule has 1 aromatic rings. The maximum Gasteiger partial charge on any atom is 0.273 e. The summed E-state index contributed by atoms with van der Waals surface area (Å²) in [6.45, 7) is 4.57. The number of nitrogens with zero attached hydrogens (tertiary/aromatic N) is 2. The van der Waals surface area contributed by atoms with Crippen LogP contribution in [0.2, 0.25) is 0 Å². The van der Waals surface area contributed by atoms with Crippen LogP contribution >= 0.6 is 23.7 Å². The van der Waals surface area contributed by atoms with Gasteiger partial charge in [0.2, 0.25) is 0 Å². The molecule has 1 saturated heterocycles.